The molecule has 6 rings (SSSR count). The van der Waals surface area contributed by atoms with Gasteiger partial charge in [-0.25, -0.2) is 9.24 Å². The second-order valence-electron chi connectivity index (χ2n) is 11.3. The van der Waals surface area contributed by atoms with Crippen LogP contribution in [-0.4, -0.2) is 66.4 Å². The van der Waals surface area contributed by atoms with Crippen molar-refractivity contribution in [1.29, 1.82) is 0 Å². The molecule has 0 unspecified atom stereocenters. The molecule has 0 aromatic heterocycles. The Morgan fingerprint density at radius 2 is 1.80 bits per heavy atom. The number of carbonyl (C=O) groups excluding carboxylic acids is 3. The molecule has 3 amide bonds. The van der Waals surface area contributed by atoms with Crippen LogP contribution in [-0.2, 0) is 29.3 Å². The molecule has 1 atom stereocenters. The van der Waals surface area contributed by atoms with Crippen LogP contribution >= 0.6 is 0 Å². The number of hydrogen-bond acceptors (Lipinski definition) is 7. The summed E-state index contributed by atoms with van der Waals surface area (Å²) in [5.74, 6) is -1.30. The molecule has 0 radical (unpaired) electrons. The van der Waals surface area contributed by atoms with Gasteiger partial charge in [-0.1, -0.05) is 24.3 Å². The van der Waals surface area contributed by atoms with Crippen molar-refractivity contribution in [2.24, 2.45) is 0 Å². The molecule has 3 aromatic rings. The summed E-state index contributed by atoms with van der Waals surface area (Å²) in [6.45, 7) is 7.32. The Bertz CT molecular complexity index is 1720. The highest BCUT2D eigenvalue weighted by molar-refractivity contribution is 6.05. The lowest BCUT2D eigenvalue weighted by atomic mass is 10.0. The molecule has 46 heavy (non-hydrogen) atoms. The van der Waals surface area contributed by atoms with Crippen molar-refractivity contribution in [3.05, 3.63) is 94.1 Å². The lowest BCUT2D eigenvalue weighted by molar-refractivity contribution is -0.136. The van der Waals surface area contributed by atoms with E-state index in [4.69, 9.17) is 11.3 Å². The fourth-order valence-electron chi connectivity index (χ4n) is 6.06. The summed E-state index contributed by atoms with van der Waals surface area (Å²) >= 11 is 0. The zero-order chi connectivity index (χ0) is 32.4. The zero-order valence-corrected chi connectivity index (χ0v) is 24.7. The minimum Gasteiger partial charge on any atom is -0.488 e. The van der Waals surface area contributed by atoms with Crippen molar-refractivity contribution in [1.82, 2.24) is 15.1 Å². The van der Waals surface area contributed by atoms with Crippen LogP contribution < -0.4 is 19.7 Å². The number of halogens is 3. The van der Waals surface area contributed by atoms with Gasteiger partial charge in [-0.3, -0.25) is 24.6 Å². The number of nitrogens with zero attached hydrogens (tertiary/aromatic N) is 4. The Hall–Kier alpha value is -5.09. The van der Waals surface area contributed by atoms with Gasteiger partial charge in [-0.05, 0) is 42.3 Å². The third-order valence-electron chi connectivity index (χ3n) is 8.46. The number of amides is 3. The van der Waals surface area contributed by atoms with Crippen LogP contribution in [0.3, 0.4) is 0 Å². The molecule has 0 saturated carbocycles. The van der Waals surface area contributed by atoms with E-state index in [1.165, 1.54) is 23.1 Å². The van der Waals surface area contributed by atoms with Gasteiger partial charge < -0.3 is 19.3 Å². The first kappa shape index (κ1) is 30.9. The van der Waals surface area contributed by atoms with Crippen molar-refractivity contribution >= 4 is 29.1 Å². The average molecular weight is 634 g/mol. The van der Waals surface area contributed by atoms with Crippen molar-refractivity contribution < 1.29 is 37.0 Å². The Kier molecular flexibility index (Phi) is 8.81. The smallest absolute Gasteiger partial charge is 0.386 e. The van der Waals surface area contributed by atoms with Gasteiger partial charge in [0.15, 0.2) is 0 Å². The summed E-state index contributed by atoms with van der Waals surface area (Å²) in [4.78, 5) is 45.9. The number of piperazine rings is 1. The molecule has 2 fully saturated rings. The van der Waals surface area contributed by atoms with Crippen LogP contribution in [0.1, 0.15) is 39.9 Å². The van der Waals surface area contributed by atoms with E-state index in [-0.39, 0.29) is 49.2 Å². The van der Waals surface area contributed by atoms with E-state index in [1.54, 1.807) is 30.3 Å². The van der Waals surface area contributed by atoms with Crippen molar-refractivity contribution in [2.75, 3.05) is 31.1 Å². The number of benzene rings is 3. The van der Waals surface area contributed by atoms with Gasteiger partial charge in [-0.15, -0.1) is 0 Å². The van der Waals surface area contributed by atoms with Gasteiger partial charge >= 0.3 is 6.61 Å². The van der Waals surface area contributed by atoms with Crippen molar-refractivity contribution in [3.8, 4) is 11.5 Å². The topological polar surface area (TPSA) is 95.8 Å². The summed E-state index contributed by atoms with van der Waals surface area (Å²) in [6, 6.07) is 14.0. The van der Waals surface area contributed by atoms with Crippen LogP contribution in [0.25, 0.3) is 4.85 Å². The minimum atomic E-state index is -3.02. The van der Waals surface area contributed by atoms with Gasteiger partial charge in [0.2, 0.25) is 17.5 Å². The summed E-state index contributed by atoms with van der Waals surface area (Å²) in [5.41, 5.74) is 2.89. The molecule has 0 aliphatic carbocycles. The first-order valence-corrected chi connectivity index (χ1v) is 14.8. The SMILES string of the molecule is [C-]#[N+]c1ccc(N2CCN(Cc3ccc(COc4cccc5c4CN([C@H]4CCC(=O)NC4=O)C5=O)c(F)c3)CC2)cc1OC(F)F. The zero-order valence-electron chi connectivity index (χ0n) is 24.7. The minimum absolute atomic E-state index is 0.0257. The van der Waals surface area contributed by atoms with E-state index < -0.39 is 24.4 Å². The molecule has 238 valence electrons. The quantitative estimate of drug-likeness (QED) is 0.271. The fraction of sp³-hybridized carbons (Fsp3) is 0.333. The molecule has 3 aliphatic rings. The van der Waals surface area contributed by atoms with E-state index in [2.05, 4.69) is 19.8 Å². The number of hydrogen-bond donors (Lipinski definition) is 1. The van der Waals surface area contributed by atoms with Gasteiger partial charge in [0.05, 0.1) is 13.1 Å². The molecule has 0 bridgehead atoms. The number of imide groups is 1. The molecule has 1 N–H and O–H groups in total. The molecule has 3 aliphatic heterocycles. The maximum Gasteiger partial charge on any atom is 0.386 e. The normalized spacial score (nSPS) is 18.4. The number of alkyl halides is 2. The molecular weight excluding hydrogens is 603 g/mol. The number of fused-ring (bicyclic) bond motifs is 1. The van der Waals surface area contributed by atoms with Gasteiger partial charge in [0, 0.05) is 61.5 Å². The highest BCUT2D eigenvalue weighted by Gasteiger charge is 2.40. The number of anilines is 1. The Labute approximate surface area is 263 Å². The maximum atomic E-state index is 15.2. The molecular formula is C33H30F3N5O5. The van der Waals surface area contributed by atoms with Crippen LogP contribution in [0.15, 0.2) is 54.6 Å². The predicted molar refractivity (Wildman–Crippen MR) is 160 cm³/mol. The fourth-order valence-corrected chi connectivity index (χ4v) is 6.06. The lowest BCUT2D eigenvalue weighted by Gasteiger charge is -2.36. The number of carbonyl (C=O) groups is 3. The van der Waals surface area contributed by atoms with Crippen molar-refractivity contribution in [2.45, 2.75) is 45.2 Å². The molecule has 13 heteroatoms. The standard InChI is InChI=1S/C33H30F3N5O5/c1-37-26-8-7-22(16-29(26)46-33(35)36)40-13-11-39(12-14-40)17-20-5-6-21(25(34)15-20)19-45-28-4-2-3-23-24(28)18-41(32(23)44)27-9-10-30(42)38-31(27)43/h2-8,15-16,27,33H,9-14,17-19H2,(H,38,42,43)/t27-/m0/s1. The molecule has 10 nitrogen and oxygen atoms in total. The first-order valence-electron chi connectivity index (χ1n) is 14.8. The Morgan fingerprint density at radius 3 is 2.52 bits per heavy atom. The van der Waals surface area contributed by atoms with E-state index >= 15 is 4.39 Å². The number of piperidine rings is 1. The lowest BCUT2D eigenvalue weighted by Crippen LogP contribution is -2.52. The van der Waals surface area contributed by atoms with E-state index in [9.17, 15) is 23.2 Å². The average Bonchev–Trinajstić information content (AvgIpc) is 3.37. The largest absolute Gasteiger partial charge is 0.488 e. The maximum absolute atomic E-state index is 15.2. The third-order valence-corrected chi connectivity index (χ3v) is 8.46. The summed E-state index contributed by atoms with van der Waals surface area (Å²) in [6.07, 6.45) is 0.415. The third kappa shape index (κ3) is 6.48. The molecule has 2 saturated heterocycles. The molecule has 3 heterocycles. The first-order chi connectivity index (χ1) is 22.2. The van der Waals surface area contributed by atoms with Crippen LogP contribution in [0.5, 0.6) is 11.5 Å². The van der Waals surface area contributed by atoms with Gasteiger partial charge in [-0.2, -0.15) is 8.78 Å². The van der Waals surface area contributed by atoms with Gasteiger partial charge in [0.25, 0.3) is 5.91 Å². The van der Waals surface area contributed by atoms with E-state index in [0.717, 1.165) is 5.56 Å². The van der Waals surface area contributed by atoms with Crippen LogP contribution in [0, 0.1) is 12.4 Å². The van der Waals surface area contributed by atoms with Crippen LogP contribution in [0.4, 0.5) is 24.5 Å². The highest BCUT2D eigenvalue weighted by atomic mass is 19.3. The summed E-state index contributed by atoms with van der Waals surface area (Å²) in [5, 5.41) is 2.29. The second-order valence-corrected chi connectivity index (χ2v) is 11.3. The van der Waals surface area contributed by atoms with E-state index in [0.29, 0.717) is 60.9 Å². The molecule has 0 spiro atoms. The van der Waals surface area contributed by atoms with Crippen molar-refractivity contribution in [3.63, 3.8) is 0 Å². The summed E-state index contributed by atoms with van der Waals surface area (Å²) < 4.78 is 51.2. The van der Waals surface area contributed by atoms with E-state index in [1.807, 2.05) is 11.0 Å². The predicted octanol–water partition coefficient (Wildman–Crippen LogP) is 4.64. The van der Waals surface area contributed by atoms with Gasteiger partial charge in [0.1, 0.15) is 30.0 Å². The van der Waals surface area contributed by atoms with Crippen LogP contribution in [0.2, 0.25) is 0 Å². The number of rotatable bonds is 9. The molecule has 3 aromatic carbocycles. The number of ether oxygens (including phenoxy) is 2. The number of nitrogens with one attached hydrogen (secondary N) is 1. The highest BCUT2D eigenvalue weighted by Crippen LogP contribution is 2.35. The second kappa shape index (κ2) is 13.1. The Balaban J connectivity index is 1.04. The monoisotopic (exact) mass is 633 g/mol. The Morgan fingerprint density at radius 1 is 1.00 bits per heavy atom. The summed E-state index contributed by atoms with van der Waals surface area (Å²) in [7, 11) is 0.